The Morgan fingerprint density at radius 3 is 0.875 bits per heavy atom. The molecule has 506 valence electrons. The van der Waals surface area contributed by atoms with E-state index >= 15 is 0 Å². The Hall–Kier alpha value is -11.3. The summed E-state index contributed by atoms with van der Waals surface area (Å²) < 4.78 is 0. The lowest BCUT2D eigenvalue weighted by Crippen LogP contribution is -2.61. The van der Waals surface area contributed by atoms with Crippen LogP contribution < -0.4 is 26.2 Å². The molecule has 0 bridgehead atoms. The molecule has 0 spiro atoms. The minimum absolute atomic E-state index is 0.118. The van der Waals surface area contributed by atoms with Gasteiger partial charge >= 0.3 is 0 Å². The average Bonchev–Trinajstić information content (AvgIpc) is 1.13. The molecular weight excluding hydrogens is 1250 g/mol. The number of anilines is 6. The van der Waals surface area contributed by atoms with Crippen LogP contribution in [0.15, 0.2) is 322 Å². The molecular formula is C101H89BN2. The van der Waals surface area contributed by atoms with E-state index in [1.54, 1.807) is 0 Å². The largest absolute Gasteiger partial charge is 0.310 e. The second-order valence-corrected chi connectivity index (χ2v) is 33.2. The summed E-state index contributed by atoms with van der Waals surface area (Å²) in [5.41, 5.74) is 35.8. The maximum atomic E-state index is 2.75. The fourth-order valence-electron chi connectivity index (χ4n) is 17.1. The zero-order valence-electron chi connectivity index (χ0n) is 62.1. The van der Waals surface area contributed by atoms with Crippen molar-refractivity contribution in [3.8, 4) is 77.9 Å². The van der Waals surface area contributed by atoms with E-state index in [2.05, 4.69) is 414 Å². The summed E-state index contributed by atoms with van der Waals surface area (Å²) in [5, 5.41) is 0. The minimum atomic E-state index is -0.809. The van der Waals surface area contributed by atoms with Crippen LogP contribution in [0.5, 0.6) is 0 Å². The van der Waals surface area contributed by atoms with Crippen LogP contribution in [0.1, 0.15) is 128 Å². The molecule has 104 heavy (non-hydrogen) atoms. The molecule has 2 aliphatic heterocycles. The second kappa shape index (κ2) is 25.0. The number of rotatable bonds is 10. The lowest BCUT2D eigenvalue weighted by Gasteiger charge is -2.47. The first-order valence-electron chi connectivity index (χ1n) is 37.2. The van der Waals surface area contributed by atoms with E-state index in [4.69, 9.17) is 0 Å². The van der Waals surface area contributed by atoms with Crippen LogP contribution in [0.2, 0.25) is 0 Å². The predicted molar refractivity (Wildman–Crippen MR) is 445 cm³/mol. The van der Waals surface area contributed by atoms with Crippen LogP contribution >= 0.6 is 0 Å². The average molecular weight is 1340 g/mol. The number of fused-ring (bicyclic) bond motifs is 7. The van der Waals surface area contributed by atoms with Gasteiger partial charge in [0.2, 0.25) is 0 Å². The van der Waals surface area contributed by atoms with Crippen molar-refractivity contribution in [1.29, 1.82) is 0 Å². The maximum Gasteiger partial charge on any atom is 0.252 e. The van der Waals surface area contributed by atoms with Crippen molar-refractivity contribution in [2.75, 3.05) is 9.80 Å². The van der Waals surface area contributed by atoms with Gasteiger partial charge in [-0.15, -0.1) is 0 Å². The molecule has 2 nitrogen and oxygen atoms in total. The summed E-state index contributed by atoms with van der Waals surface area (Å²) in [6.45, 7) is 27.8. The Bertz CT molecular complexity index is 5200. The van der Waals surface area contributed by atoms with Crippen molar-refractivity contribution in [1.82, 2.24) is 0 Å². The molecule has 0 radical (unpaired) electrons. The van der Waals surface area contributed by atoms with Gasteiger partial charge in [-0.05, 0) is 162 Å². The molecule has 0 atom stereocenters. The number of benzene rings is 14. The third-order valence-electron chi connectivity index (χ3n) is 22.5. The van der Waals surface area contributed by atoms with Crippen LogP contribution in [0, 0.1) is 0 Å². The molecule has 0 amide bonds. The number of hydrogen-bond acceptors (Lipinski definition) is 2. The smallest absolute Gasteiger partial charge is 0.252 e. The standard InChI is InChI=1S/C101H89BN2/c1-97(2,3)75-42-26-36-70(58-75)80-48-30-49-81(71-37-27-43-76(59-71)98(4,5)6)95(80)103-90-56-54-68(66-32-16-13-17-33-66)62-88(90)102-89-63-69(67-34-18-14-19-35-67)55-57-91(89)104(96-82(72-38-28-44-77(60-72)99(7,8)9)50-31-51-83(96)73-39-29-45-78(61-73)100(10,11)12)93-65-79(64-92(103)94(93)102)101(74-40-20-15-21-41-74)86-52-24-22-46-84(86)85-47-23-25-53-87(85)101/h13-65H,1-12H3. The molecule has 14 aromatic carbocycles. The topological polar surface area (TPSA) is 6.48 Å². The van der Waals surface area contributed by atoms with Crippen LogP contribution in [-0.2, 0) is 27.1 Å². The fraction of sp³-hybridized carbons (Fsp3) is 0.168. The molecule has 17 rings (SSSR count). The molecule has 2 heterocycles. The van der Waals surface area contributed by atoms with Gasteiger partial charge in [0.1, 0.15) is 0 Å². The zero-order chi connectivity index (χ0) is 71.6. The molecule has 1 aliphatic carbocycles. The lowest BCUT2D eigenvalue weighted by atomic mass is 9.33. The summed E-state index contributed by atoms with van der Waals surface area (Å²) in [6, 6.07) is 124. The predicted octanol–water partition coefficient (Wildman–Crippen LogP) is 25.3. The van der Waals surface area contributed by atoms with Crippen molar-refractivity contribution in [2.24, 2.45) is 0 Å². The first-order chi connectivity index (χ1) is 50.1. The van der Waals surface area contributed by atoms with Crippen LogP contribution in [-0.4, -0.2) is 6.71 Å². The number of nitrogens with zero attached hydrogens (tertiary/aromatic N) is 2. The van der Waals surface area contributed by atoms with E-state index in [9.17, 15) is 0 Å². The second-order valence-electron chi connectivity index (χ2n) is 33.2. The lowest BCUT2D eigenvalue weighted by molar-refractivity contribution is 0.590. The van der Waals surface area contributed by atoms with E-state index in [-0.39, 0.29) is 28.4 Å². The summed E-state index contributed by atoms with van der Waals surface area (Å²) in [6.07, 6.45) is 0. The van der Waals surface area contributed by atoms with E-state index in [0.717, 1.165) is 56.4 Å². The van der Waals surface area contributed by atoms with E-state index in [1.165, 1.54) is 117 Å². The summed E-state index contributed by atoms with van der Waals surface area (Å²) in [5.74, 6) is 0. The third-order valence-corrected chi connectivity index (χ3v) is 22.5. The Morgan fingerprint density at radius 2 is 0.529 bits per heavy atom. The van der Waals surface area contributed by atoms with Gasteiger partial charge in [-0.2, -0.15) is 0 Å². The van der Waals surface area contributed by atoms with Crippen molar-refractivity contribution < 1.29 is 0 Å². The highest BCUT2D eigenvalue weighted by atomic mass is 15.2. The first kappa shape index (κ1) is 66.0. The SMILES string of the molecule is CC(C)(C)c1cccc(-c2cccc(-c3cccc(C(C)(C)C)c3)c2N2c3ccc(-c4ccccc4)cc3B3c4cc(-c5ccccc5)ccc4N(c4c(-c5cccc(C(C)(C)C)c5)cccc4-c4cccc(C(C)(C)C)c4)c4cc(C5(c6ccccc6)c6ccccc6-c6ccccc65)cc2c43)c1. The van der Waals surface area contributed by atoms with E-state index in [1.807, 2.05) is 0 Å². The minimum Gasteiger partial charge on any atom is -0.310 e. The van der Waals surface area contributed by atoms with E-state index < -0.39 is 5.41 Å². The molecule has 3 heteroatoms. The highest BCUT2D eigenvalue weighted by Gasteiger charge is 2.51. The van der Waals surface area contributed by atoms with Gasteiger partial charge in [0.05, 0.1) is 16.8 Å². The van der Waals surface area contributed by atoms with Crippen LogP contribution in [0.4, 0.5) is 34.1 Å². The molecule has 3 aliphatic rings. The van der Waals surface area contributed by atoms with Crippen LogP contribution in [0.3, 0.4) is 0 Å². The van der Waals surface area contributed by atoms with Crippen molar-refractivity contribution >= 4 is 57.2 Å². The molecule has 14 aromatic rings. The van der Waals surface area contributed by atoms with Crippen molar-refractivity contribution in [2.45, 2.75) is 110 Å². The molecule has 0 N–H and O–H groups in total. The Labute approximate surface area is 617 Å². The monoisotopic (exact) mass is 1340 g/mol. The summed E-state index contributed by atoms with van der Waals surface area (Å²) in [7, 11) is 0. The first-order valence-corrected chi connectivity index (χ1v) is 37.2. The number of hydrogen-bond donors (Lipinski definition) is 0. The fourth-order valence-corrected chi connectivity index (χ4v) is 17.1. The Morgan fingerprint density at radius 1 is 0.231 bits per heavy atom. The highest BCUT2D eigenvalue weighted by Crippen LogP contribution is 2.60. The third kappa shape index (κ3) is 11.1. The van der Waals surface area contributed by atoms with Gasteiger partial charge in [-0.1, -0.05) is 380 Å². The zero-order valence-corrected chi connectivity index (χ0v) is 62.1. The maximum absolute atomic E-state index is 2.75. The molecule has 0 saturated carbocycles. The highest BCUT2D eigenvalue weighted by molar-refractivity contribution is 7.00. The molecule has 0 saturated heterocycles. The van der Waals surface area contributed by atoms with Gasteiger partial charge in [0.15, 0.2) is 0 Å². The van der Waals surface area contributed by atoms with Gasteiger partial charge in [-0.3, -0.25) is 0 Å². The van der Waals surface area contributed by atoms with Gasteiger partial charge < -0.3 is 9.80 Å². The normalized spacial score (nSPS) is 13.6. The molecule has 0 aromatic heterocycles. The summed E-state index contributed by atoms with van der Waals surface area (Å²) in [4.78, 5) is 5.51. The van der Waals surface area contributed by atoms with Crippen LogP contribution in [0.25, 0.3) is 77.9 Å². The molecule has 0 unspecified atom stereocenters. The van der Waals surface area contributed by atoms with Gasteiger partial charge in [0.25, 0.3) is 6.71 Å². The Balaban J connectivity index is 1.11. The van der Waals surface area contributed by atoms with Gasteiger partial charge in [-0.25, -0.2) is 0 Å². The van der Waals surface area contributed by atoms with Crippen molar-refractivity contribution in [3.63, 3.8) is 0 Å². The Kier molecular flexibility index (Phi) is 15.9. The number of para-hydroxylation sites is 2. The molecule has 0 fully saturated rings. The summed E-state index contributed by atoms with van der Waals surface area (Å²) >= 11 is 0. The quantitative estimate of drug-likeness (QED) is 0.126. The van der Waals surface area contributed by atoms with Gasteiger partial charge in [0, 0.05) is 45.0 Å². The van der Waals surface area contributed by atoms with E-state index in [0.29, 0.717) is 0 Å². The van der Waals surface area contributed by atoms with Crippen molar-refractivity contribution in [3.05, 3.63) is 366 Å².